The van der Waals surface area contributed by atoms with Crippen LogP contribution in [0.1, 0.15) is 5.69 Å². The summed E-state index contributed by atoms with van der Waals surface area (Å²) in [5.74, 6) is -2.44. The van der Waals surface area contributed by atoms with Crippen LogP contribution in [0.2, 0.25) is 0 Å². The first-order chi connectivity index (χ1) is 8.43. The van der Waals surface area contributed by atoms with Crippen molar-refractivity contribution in [2.24, 2.45) is 0 Å². The first-order valence-electron chi connectivity index (χ1n) is 4.33. The van der Waals surface area contributed by atoms with Crippen LogP contribution in [0.5, 0.6) is 0 Å². The minimum absolute atomic E-state index is 0.0602. The smallest absolute Gasteiger partial charge is 0.308 e. The van der Waals surface area contributed by atoms with Crippen molar-refractivity contribution in [1.29, 1.82) is 5.26 Å². The summed E-state index contributed by atoms with van der Waals surface area (Å²) in [5, 5.41) is 15.3. The third kappa shape index (κ3) is 1.93. The van der Waals surface area contributed by atoms with Crippen molar-refractivity contribution in [2.45, 2.75) is 6.18 Å². The number of rotatable bonds is 1. The molecule has 0 aliphatic heterocycles. The van der Waals surface area contributed by atoms with Crippen LogP contribution >= 0.6 is 0 Å². The number of hydrogen-bond acceptors (Lipinski definition) is 6. The fraction of sp³-hybridized carbons (Fsp3) is 0.125. The van der Waals surface area contributed by atoms with Crippen molar-refractivity contribution >= 4 is 17.0 Å². The van der Waals surface area contributed by atoms with Crippen LogP contribution in [0, 0.1) is 11.3 Å². The molecule has 0 saturated carbocycles. The molecule has 2 aromatic heterocycles. The summed E-state index contributed by atoms with van der Waals surface area (Å²) in [6.07, 6.45) is -3.99. The van der Waals surface area contributed by atoms with Gasteiger partial charge in [-0.05, 0) is 11.3 Å². The Morgan fingerprint density at radius 2 is 2.22 bits per heavy atom. The van der Waals surface area contributed by atoms with E-state index >= 15 is 0 Å². The molecule has 0 bridgehead atoms. The molecule has 0 fully saturated rings. The van der Waals surface area contributed by atoms with Crippen molar-refractivity contribution < 1.29 is 22.8 Å². The monoisotopic (exact) mass is 257 g/mol. The number of pyridine rings is 1. The van der Waals surface area contributed by atoms with Crippen LogP contribution in [0.4, 0.5) is 13.2 Å². The van der Waals surface area contributed by atoms with Gasteiger partial charge in [0, 0.05) is 6.20 Å². The molecule has 92 valence electrons. The normalized spacial score (nSPS) is 11.2. The fourth-order valence-corrected chi connectivity index (χ4v) is 1.11. The number of carbonyl (C=O) groups is 1. The maximum atomic E-state index is 12.0. The van der Waals surface area contributed by atoms with Crippen LogP contribution in [-0.4, -0.2) is 32.3 Å². The van der Waals surface area contributed by atoms with Gasteiger partial charge in [-0.15, -0.1) is 5.10 Å². The lowest BCUT2D eigenvalue weighted by Crippen LogP contribution is -2.33. The minimum Gasteiger partial charge on any atom is -0.308 e. The zero-order valence-electron chi connectivity index (χ0n) is 8.34. The third-order valence-corrected chi connectivity index (χ3v) is 1.84. The molecular weight excluding hydrogens is 255 g/mol. The largest absolute Gasteiger partial charge is 0.493 e. The number of fused-ring (bicyclic) bond motifs is 1. The zero-order chi connectivity index (χ0) is 13.3. The molecule has 0 amide bonds. The molecule has 0 aliphatic carbocycles. The van der Waals surface area contributed by atoms with Crippen molar-refractivity contribution in [3.05, 3.63) is 18.0 Å². The second-order valence-corrected chi connectivity index (χ2v) is 2.98. The first kappa shape index (κ1) is 11.8. The maximum Gasteiger partial charge on any atom is 0.493 e. The molecule has 7 nitrogen and oxygen atoms in total. The van der Waals surface area contributed by atoms with E-state index in [0.29, 0.717) is 0 Å². The van der Waals surface area contributed by atoms with E-state index < -0.39 is 12.1 Å². The Morgan fingerprint density at radius 3 is 2.83 bits per heavy atom. The molecule has 0 aromatic carbocycles. The van der Waals surface area contributed by atoms with E-state index in [1.165, 1.54) is 6.07 Å². The molecule has 0 N–H and O–H groups in total. The van der Waals surface area contributed by atoms with Gasteiger partial charge in [-0.3, -0.25) is 0 Å². The molecule has 0 atom stereocenters. The lowest BCUT2D eigenvalue weighted by Gasteiger charge is -2.05. The summed E-state index contributed by atoms with van der Waals surface area (Å²) in [6, 6.07) is 2.89. The number of halogens is 3. The molecular formula is C8H2F3N5O2. The van der Waals surface area contributed by atoms with Gasteiger partial charge in [-0.25, -0.2) is 9.78 Å². The number of hydrogen-bond donors (Lipinski definition) is 0. The highest BCUT2D eigenvalue weighted by atomic mass is 19.4. The van der Waals surface area contributed by atoms with Crippen LogP contribution in [0.25, 0.3) is 11.0 Å². The van der Waals surface area contributed by atoms with Crippen molar-refractivity contribution in [3.63, 3.8) is 0 Å². The van der Waals surface area contributed by atoms with E-state index in [1.54, 1.807) is 6.07 Å². The summed E-state index contributed by atoms with van der Waals surface area (Å²) in [7, 11) is 0. The Bertz CT molecular complexity index is 657. The first-order valence-corrected chi connectivity index (χ1v) is 4.33. The van der Waals surface area contributed by atoms with Gasteiger partial charge < -0.3 is 4.84 Å². The lowest BCUT2D eigenvalue weighted by atomic mass is 10.3. The number of nitriles is 1. The van der Waals surface area contributed by atoms with Crippen molar-refractivity contribution in [2.75, 3.05) is 0 Å². The van der Waals surface area contributed by atoms with Gasteiger partial charge >= 0.3 is 12.1 Å². The van der Waals surface area contributed by atoms with E-state index in [4.69, 9.17) is 5.26 Å². The van der Waals surface area contributed by atoms with Gasteiger partial charge in [-0.2, -0.15) is 18.4 Å². The predicted molar refractivity (Wildman–Crippen MR) is 47.7 cm³/mol. The Kier molecular flexibility index (Phi) is 2.59. The second-order valence-electron chi connectivity index (χ2n) is 2.98. The van der Waals surface area contributed by atoms with Crippen LogP contribution in [0.15, 0.2) is 12.3 Å². The summed E-state index contributed by atoms with van der Waals surface area (Å²) in [5.41, 5.74) is -0.268. The van der Waals surface area contributed by atoms with E-state index in [9.17, 15) is 18.0 Å². The van der Waals surface area contributed by atoms with E-state index in [2.05, 4.69) is 20.1 Å². The molecule has 10 heteroatoms. The average molecular weight is 257 g/mol. The number of aromatic nitrogens is 4. The highest BCUT2D eigenvalue weighted by Crippen LogP contribution is 2.17. The molecule has 2 heterocycles. The summed E-state index contributed by atoms with van der Waals surface area (Å²) < 4.78 is 36.0. The Balaban J connectivity index is 2.43. The SMILES string of the molecule is N#Cc1nccc2c1nnn2OC(=O)C(F)(F)F. The fourth-order valence-electron chi connectivity index (χ4n) is 1.11. The summed E-state index contributed by atoms with van der Waals surface area (Å²) >= 11 is 0. The Hall–Kier alpha value is -2.70. The number of carbonyl (C=O) groups excluding carboxylic acids is 1. The lowest BCUT2D eigenvalue weighted by molar-refractivity contribution is -0.201. The van der Waals surface area contributed by atoms with Gasteiger partial charge in [0.2, 0.25) is 0 Å². The molecule has 0 aliphatic rings. The van der Waals surface area contributed by atoms with Crippen LogP contribution in [0.3, 0.4) is 0 Å². The summed E-state index contributed by atoms with van der Waals surface area (Å²) in [6.45, 7) is 0. The molecule has 18 heavy (non-hydrogen) atoms. The van der Waals surface area contributed by atoms with Crippen molar-refractivity contribution in [3.8, 4) is 6.07 Å². The summed E-state index contributed by atoms with van der Waals surface area (Å²) in [4.78, 5) is 18.5. The minimum atomic E-state index is -5.15. The molecule has 2 aromatic rings. The zero-order valence-corrected chi connectivity index (χ0v) is 8.34. The van der Waals surface area contributed by atoms with Gasteiger partial charge in [0.05, 0.1) is 0 Å². The molecule has 0 saturated heterocycles. The van der Waals surface area contributed by atoms with Crippen LogP contribution in [-0.2, 0) is 4.79 Å². The van der Waals surface area contributed by atoms with E-state index in [0.717, 1.165) is 6.20 Å². The molecule has 0 spiro atoms. The predicted octanol–water partition coefficient (Wildman–Crippen LogP) is 0.215. The number of nitrogens with zero attached hydrogens (tertiary/aromatic N) is 5. The second kappa shape index (κ2) is 3.95. The molecule has 0 unspecified atom stereocenters. The van der Waals surface area contributed by atoms with E-state index in [1.807, 2.05) is 0 Å². The quantitative estimate of drug-likeness (QED) is 0.678. The van der Waals surface area contributed by atoms with Gasteiger partial charge in [0.1, 0.15) is 11.6 Å². The Labute approximate surface area is 96.3 Å². The standard InChI is InChI=1S/C8H2F3N5O2/c9-8(10,11)7(17)18-16-5-1-2-13-4(3-12)6(5)14-15-16/h1-2H. The topological polar surface area (TPSA) is 93.7 Å². The van der Waals surface area contributed by atoms with Gasteiger partial charge in [0.15, 0.2) is 11.2 Å². The maximum absolute atomic E-state index is 12.0. The highest BCUT2D eigenvalue weighted by Gasteiger charge is 2.42. The highest BCUT2D eigenvalue weighted by molar-refractivity contribution is 5.80. The van der Waals surface area contributed by atoms with Gasteiger partial charge in [-0.1, -0.05) is 4.85 Å². The van der Waals surface area contributed by atoms with Crippen molar-refractivity contribution in [1.82, 2.24) is 20.1 Å². The van der Waals surface area contributed by atoms with Crippen LogP contribution < -0.4 is 4.84 Å². The van der Waals surface area contributed by atoms with E-state index in [-0.39, 0.29) is 21.6 Å². The van der Waals surface area contributed by atoms with Gasteiger partial charge in [0.25, 0.3) is 0 Å². The molecule has 0 radical (unpaired) electrons. The Morgan fingerprint density at radius 1 is 1.50 bits per heavy atom. The third-order valence-electron chi connectivity index (χ3n) is 1.84. The average Bonchev–Trinajstić information content (AvgIpc) is 2.71. The molecule has 2 rings (SSSR count). The number of alkyl halides is 3.